The van der Waals surface area contributed by atoms with Crippen LogP contribution in [0.2, 0.25) is 0 Å². The van der Waals surface area contributed by atoms with Crippen LogP contribution in [0, 0.1) is 0 Å². The van der Waals surface area contributed by atoms with Crippen LogP contribution in [0.5, 0.6) is 11.5 Å². The zero-order chi connectivity index (χ0) is 15.7. The monoisotopic (exact) mass is 294 g/mol. The minimum atomic E-state index is 0.185. The first-order valence-electron chi connectivity index (χ1n) is 7.22. The summed E-state index contributed by atoms with van der Waals surface area (Å²) in [7, 11) is 1.63. The van der Waals surface area contributed by atoms with Crippen molar-refractivity contribution in [2.45, 2.75) is 19.8 Å². The average molecular weight is 294 g/mol. The Morgan fingerprint density at radius 2 is 1.91 bits per heavy atom. The molecule has 0 aliphatic rings. The van der Waals surface area contributed by atoms with Crippen LogP contribution in [0.15, 0.2) is 42.7 Å². The number of aromatic nitrogens is 2. The Balaban J connectivity index is 2.16. The molecule has 0 aliphatic carbocycles. The fourth-order valence-corrected chi connectivity index (χ4v) is 2.55. The van der Waals surface area contributed by atoms with E-state index in [0.29, 0.717) is 11.4 Å². The molecule has 22 heavy (non-hydrogen) atoms. The largest absolute Gasteiger partial charge is 0.506 e. The molecule has 2 aromatic heterocycles. The molecule has 0 amide bonds. The van der Waals surface area contributed by atoms with Gasteiger partial charge in [0.2, 0.25) is 0 Å². The number of hydrogen-bond donors (Lipinski definition) is 1. The van der Waals surface area contributed by atoms with Gasteiger partial charge in [-0.25, -0.2) is 0 Å². The van der Waals surface area contributed by atoms with Crippen LogP contribution in [-0.2, 0) is 0 Å². The number of pyridine rings is 2. The Kier molecular flexibility index (Phi) is 3.67. The first-order valence-corrected chi connectivity index (χ1v) is 7.22. The fraction of sp³-hybridized carbons (Fsp3) is 0.222. The summed E-state index contributed by atoms with van der Waals surface area (Å²) in [6.07, 6.45) is 3.53. The van der Waals surface area contributed by atoms with E-state index in [1.807, 2.05) is 38.1 Å². The van der Waals surface area contributed by atoms with Crippen LogP contribution in [0.4, 0.5) is 0 Å². The van der Waals surface area contributed by atoms with Crippen molar-refractivity contribution in [3.8, 4) is 22.6 Å². The van der Waals surface area contributed by atoms with Crippen LogP contribution >= 0.6 is 0 Å². The van der Waals surface area contributed by atoms with Crippen LogP contribution < -0.4 is 4.74 Å². The molecule has 0 atom stereocenters. The molecule has 3 aromatic rings. The van der Waals surface area contributed by atoms with Gasteiger partial charge in [-0.2, -0.15) is 0 Å². The SMILES string of the molecule is COc1cc(-c2cnc(C(C)C)c(O)c2)cc2cccnc12. The lowest BCUT2D eigenvalue weighted by Crippen LogP contribution is -1.94. The molecule has 1 aromatic carbocycles. The molecular weight excluding hydrogens is 276 g/mol. The molecule has 112 valence electrons. The average Bonchev–Trinajstić information content (AvgIpc) is 2.53. The Morgan fingerprint density at radius 3 is 2.59 bits per heavy atom. The maximum atomic E-state index is 10.2. The van der Waals surface area contributed by atoms with Crippen LogP contribution in [0.1, 0.15) is 25.5 Å². The lowest BCUT2D eigenvalue weighted by molar-refractivity contribution is 0.419. The third-order valence-corrected chi connectivity index (χ3v) is 3.67. The highest BCUT2D eigenvalue weighted by atomic mass is 16.5. The number of methoxy groups -OCH3 is 1. The lowest BCUT2D eigenvalue weighted by Gasteiger charge is -2.11. The Labute approximate surface area is 129 Å². The van der Waals surface area contributed by atoms with Gasteiger partial charge in [0.05, 0.1) is 12.8 Å². The van der Waals surface area contributed by atoms with Gasteiger partial charge in [-0.1, -0.05) is 19.9 Å². The summed E-state index contributed by atoms with van der Waals surface area (Å²) in [6, 6.07) is 9.57. The van der Waals surface area contributed by atoms with Gasteiger partial charge in [0.25, 0.3) is 0 Å². The second kappa shape index (κ2) is 5.64. The topological polar surface area (TPSA) is 55.2 Å². The predicted molar refractivity (Wildman–Crippen MR) is 87.3 cm³/mol. The van der Waals surface area contributed by atoms with Crippen LogP contribution in [-0.4, -0.2) is 22.2 Å². The third-order valence-electron chi connectivity index (χ3n) is 3.67. The Hall–Kier alpha value is -2.62. The van der Waals surface area contributed by atoms with Crippen molar-refractivity contribution < 1.29 is 9.84 Å². The quantitative estimate of drug-likeness (QED) is 0.789. The second-order valence-corrected chi connectivity index (χ2v) is 5.54. The fourth-order valence-electron chi connectivity index (χ4n) is 2.55. The molecule has 2 heterocycles. The van der Waals surface area contributed by atoms with Crippen LogP contribution in [0.25, 0.3) is 22.0 Å². The van der Waals surface area contributed by atoms with Crippen molar-refractivity contribution in [1.82, 2.24) is 9.97 Å². The molecule has 0 fully saturated rings. The maximum Gasteiger partial charge on any atom is 0.145 e. The number of aromatic hydroxyl groups is 1. The summed E-state index contributed by atoms with van der Waals surface area (Å²) in [5.41, 5.74) is 3.32. The van der Waals surface area contributed by atoms with E-state index in [2.05, 4.69) is 9.97 Å². The number of fused-ring (bicyclic) bond motifs is 1. The molecule has 0 saturated heterocycles. The minimum Gasteiger partial charge on any atom is -0.506 e. The minimum absolute atomic E-state index is 0.185. The van der Waals surface area contributed by atoms with Crippen molar-refractivity contribution in [2.75, 3.05) is 7.11 Å². The smallest absolute Gasteiger partial charge is 0.145 e. The van der Waals surface area contributed by atoms with E-state index in [-0.39, 0.29) is 11.7 Å². The van der Waals surface area contributed by atoms with E-state index in [9.17, 15) is 5.11 Å². The van der Waals surface area contributed by atoms with E-state index >= 15 is 0 Å². The standard InChI is InChI=1S/C18H18N2O2/c1-11(2)17-15(21)8-14(10-20-17)13-7-12-5-4-6-19-18(12)16(9-13)22-3/h4-11,21H,1-3H3. The van der Waals surface area contributed by atoms with Crippen molar-refractivity contribution in [2.24, 2.45) is 0 Å². The molecule has 3 rings (SSSR count). The summed E-state index contributed by atoms with van der Waals surface area (Å²) in [6.45, 7) is 4.01. The summed E-state index contributed by atoms with van der Waals surface area (Å²) in [5.74, 6) is 1.11. The Morgan fingerprint density at radius 1 is 1.09 bits per heavy atom. The summed E-state index contributed by atoms with van der Waals surface area (Å²) >= 11 is 0. The van der Waals surface area contributed by atoms with E-state index in [1.165, 1.54) is 0 Å². The van der Waals surface area contributed by atoms with Crippen molar-refractivity contribution in [1.29, 1.82) is 0 Å². The Bertz CT molecular complexity index is 828. The molecular formula is C18H18N2O2. The predicted octanol–water partition coefficient (Wildman–Crippen LogP) is 4.13. The summed E-state index contributed by atoms with van der Waals surface area (Å²) < 4.78 is 5.44. The highest BCUT2D eigenvalue weighted by molar-refractivity contribution is 5.89. The van der Waals surface area contributed by atoms with Gasteiger partial charge in [-0.05, 0) is 35.7 Å². The van der Waals surface area contributed by atoms with Crippen molar-refractivity contribution in [3.05, 3.63) is 48.4 Å². The molecule has 0 bridgehead atoms. The zero-order valence-electron chi connectivity index (χ0n) is 12.9. The maximum absolute atomic E-state index is 10.2. The number of rotatable bonds is 3. The lowest BCUT2D eigenvalue weighted by atomic mass is 10.0. The van der Waals surface area contributed by atoms with Gasteiger partial charge in [-0.15, -0.1) is 0 Å². The highest BCUT2D eigenvalue weighted by Crippen LogP contribution is 2.33. The normalized spacial score (nSPS) is 11.1. The molecule has 0 spiro atoms. The molecule has 1 N–H and O–H groups in total. The summed E-state index contributed by atoms with van der Waals surface area (Å²) in [5, 5.41) is 11.1. The van der Waals surface area contributed by atoms with E-state index in [4.69, 9.17) is 4.74 Å². The molecule has 0 unspecified atom stereocenters. The molecule has 4 heteroatoms. The summed E-state index contributed by atoms with van der Waals surface area (Å²) in [4.78, 5) is 8.73. The van der Waals surface area contributed by atoms with Gasteiger partial charge < -0.3 is 9.84 Å². The number of hydrogen-bond acceptors (Lipinski definition) is 4. The number of nitrogens with zero attached hydrogens (tertiary/aromatic N) is 2. The third kappa shape index (κ3) is 2.48. The first kappa shape index (κ1) is 14.3. The van der Waals surface area contributed by atoms with Gasteiger partial charge >= 0.3 is 0 Å². The molecule has 0 aliphatic heterocycles. The van der Waals surface area contributed by atoms with E-state index in [1.54, 1.807) is 25.6 Å². The van der Waals surface area contributed by atoms with E-state index < -0.39 is 0 Å². The first-order chi connectivity index (χ1) is 10.6. The number of benzene rings is 1. The van der Waals surface area contributed by atoms with Gasteiger partial charge in [0.15, 0.2) is 0 Å². The van der Waals surface area contributed by atoms with E-state index in [0.717, 1.165) is 22.0 Å². The van der Waals surface area contributed by atoms with Crippen LogP contribution in [0.3, 0.4) is 0 Å². The molecule has 4 nitrogen and oxygen atoms in total. The van der Waals surface area contributed by atoms with Gasteiger partial charge in [0, 0.05) is 23.3 Å². The van der Waals surface area contributed by atoms with Gasteiger partial charge in [-0.3, -0.25) is 9.97 Å². The van der Waals surface area contributed by atoms with Gasteiger partial charge in [0.1, 0.15) is 17.0 Å². The highest BCUT2D eigenvalue weighted by Gasteiger charge is 2.11. The second-order valence-electron chi connectivity index (χ2n) is 5.54. The molecule has 0 saturated carbocycles. The zero-order valence-corrected chi connectivity index (χ0v) is 12.9. The molecule has 0 radical (unpaired) electrons. The van der Waals surface area contributed by atoms with Crippen molar-refractivity contribution >= 4 is 10.9 Å². The number of ether oxygens (including phenoxy) is 1. The van der Waals surface area contributed by atoms with Crippen molar-refractivity contribution in [3.63, 3.8) is 0 Å².